The molecule has 0 aliphatic heterocycles. The van der Waals surface area contributed by atoms with Crippen molar-refractivity contribution < 1.29 is 15.0 Å². The average Bonchev–Trinajstić information content (AvgIpc) is 2.23. The second kappa shape index (κ2) is 11.8. The van der Waals surface area contributed by atoms with Crippen LogP contribution in [-0.4, -0.2) is 22.3 Å². The van der Waals surface area contributed by atoms with E-state index in [1.165, 1.54) is 0 Å². The molecule has 0 spiro atoms. The fourth-order valence-corrected chi connectivity index (χ4v) is 0.989. The minimum atomic E-state index is -0.833. The number of aliphatic hydroxyl groups excluding tert-OH is 1. The number of aliphatic hydroxyl groups is 1. The molecule has 0 rings (SSSR count). The van der Waals surface area contributed by atoms with E-state index in [1.54, 1.807) is 6.08 Å². The Kier molecular flexibility index (Phi) is 12.6. The van der Waals surface area contributed by atoms with Crippen LogP contribution in [0.3, 0.4) is 0 Å². The molecule has 16 heavy (non-hydrogen) atoms. The topological polar surface area (TPSA) is 57.5 Å². The van der Waals surface area contributed by atoms with Crippen LogP contribution in [0, 0.1) is 0 Å². The molecule has 0 saturated carbocycles. The Hall–Kier alpha value is -1.31. The first-order valence-corrected chi connectivity index (χ1v) is 5.35. The molecule has 0 unspecified atom stereocenters. The van der Waals surface area contributed by atoms with E-state index in [-0.39, 0.29) is 0 Å². The Labute approximate surface area is 97.8 Å². The summed E-state index contributed by atoms with van der Waals surface area (Å²) in [4.78, 5) is 9.00. The summed E-state index contributed by atoms with van der Waals surface area (Å²) in [5.74, 6) is -0.833. The predicted octanol–water partition coefficient (Wildman–Crippen LogP) is 2.92. The summed E-state index contributed by atoms with van der Waals surface area (Å²) in [7, 11) is 0. The summed E-state index contributed by atoms with van der Waals surface area (Å²) in [5, 5.41) is 16.7. The number of carboxylic acid groups (broad SMARTS) is 1. The number of rotatable bonds is 6. The van der Waals surface area contributed by atoms with E-state index < -0.39 is 12.1 Å². The van der Waals surface area contributed by atoms with Crippen molar-refractivity contribution in [1.29, 1.82) is 0 Å². The van der Waals surface area contributed by atoms with Crippen molar-refractivity contribution in [1.82, 2.24) is 0 Å². The summed E-state index contributed by atoms with van der Waals surface area (Å²) in [5.41, 5.74) is 3.96. The van der Waals surface area contributed by atoms with Gasteiger partial charge in [-0.1, -0.05) is 26.0 Å². The highest BCUT2D eigenvalue weighted by atomic mass is 16.4. The predicted molar refractivity (Wildman–Crippen MR) is 66.3 cm³/mol. The molecule has 1 atom stereocenters. The van der Waals surface area contributed by atoms with E-state index in [0.717, 1.165) is 31.8 Å². The Bertz CT molecular complexity index is 246. The average molecular weight is 226 g/mol. The van der Waals surface area contributed by atoms with Crippen LogP contribution < -0.4 is 0 Å². The number of carboxylic acids is 1. The molecule has 0 bridgehead atoms. The zero-order valence-corrected chi connectivity index (χ0v) is 10.2. The minimum Gasteiger partial charge on any atom is -0.481 e. The van der Waals surface area contributed by atoms with E-state index in [0.29, 0.717) is 6.42 Å². The van der Waals surface area contributed by atoms with Gasteiger partial charge in [-0.3, -0.25) is 4.79 Å². The molecule has 0 aliphatic carbocycles. The third-order valence-electron chi connectivity index (χ3n) is 1.81. The number of hydrogen-bond donors (Lipinski definition) is 2. The van der Waals surface area contributed by atoms with Crippen LogP contribution in [0.15, 0.2) is 30.5 Å². The minimum absolute atomic E-state index is 0.439. The Morgan fingerprint density at radius 1 is 1.56 bits per heavy atom. The van der Waals surface area contributed by atoms with E-state index >= 15 is 0 Å². The zero-order chi connectivity index (χ0) is 13.0. The molecule has 0 fully saturated rings. The third-order valence-corrected chi connectivity index (χ3v) is 1.81. The first-order valence-electron chi connectivity index (χ1n) is 5.35. The number of aliphatic carboxylic acids is 1. The molecular formula is C13H22O3. The number of unbranched alkanes of at least 4 members (excludes halogenated alkanes) is 1. The van der Waals surface area contributed by atoms with Crippen molar-refractivity contribution in [3.8, 4) is 0 Å². The van der Waals surface area contributed by atoms with Crippen LogP contribution in [0.5, 0.6) is 0 Å². The van der Waals surface area contributed by atoms with Gasteiger partial charge in [0, 0.05) is 13.3 Å². The van der Waals surface area contributed by atoms with Gasteiger partial charge in [-0.15, -0.1) is 12.3 Å². The van der Waals surface area contributed by atoms with Gasteiger partial charge in [0.1, 0.15) is 0 Å². The van der Waals surface area contributed by atoms with E-state index in [1.807, 2.05) is 0 Å². The van der Waals surface area contributed by atoms with Crippen molar-refractivity contribution in [2.45, 2.75) is 45.6 Å². The van der Waals surface area contributed by atoms with Gasteiger partial charge >= 0.3 is 0 Å². The number of carbonyl (C=O) groups is 1. The molecule has 3 nitrogen and oxygen atoms in total. The second-order valence-electron chi connectivity index (χ2n) is 3.41. The van der Waals surface area contributed by atoms with Gasteiger partial charge in [0.2, 0.25) is 0 Å². The molecule has 0 aliphatic rings. The summed E-state index contributed by atoms with van der Waals surface area (Å²) < 4.78 is 0. The lowest BCUT2D eigenvalue weighted by molar-refractivity contribution is -0.134. The van der Waals surface area contributed by atoms with Gasteiger partial charge in [-0.05, 0) is 18.4 Å². The van der Waals surface area contributed by atoms with E-state index in [2.05, 4.69) is 25.8 Å². The highest BCUT2D eigenvalue weighted by molar-refractivity contribution is 5.62. The maximum Gasteiger partial charge on any atom is 0.300 e. The Morgan fingerprint density at radius 3 is 2.38 bits per heavy atom. The molecule has 0 aromatic heterocycles. The van der Waals surface area contributed by atoms with Crippen LogP contribution in [0.1, 0.15) is 39.5 Å². The first-order chi connectivity index (χ1) is 7.47. The second-order valence-corrected chi connectivity index (χ2v) is 3.41. The maximum absolute atomic E-state index is 9.25. The van der Waals surface area contributed by atoms with Crippen molar-refractivity contribution in [2.24, 2.45) is 0 Å². The van der Waals surface area contributed by atoms with Crippen molar-refractivity contribution >= 4 is 5.97 Å². The molecule has 0 aromatic carbocycles. The smallest absolute Gasteiger partial charge is 0.300 e. The zero-order valence-electron chi connectivity index (χ0n) is 10.2. The normalized spacial score (nSPS) is 10.4. The highest BCUT2D eigenvalue weighted by Crippen LogP contribution is 2.12. The van der Waals surface area contributed by atoms with Gasteiger partial charge < -0.3 is 10.2 Å². The van der Waals surface area contributed by atoms with Gasteiger partial charge in [-0.25, -0.2) is 0 Å². The summed E-state index contributed by atoms with van der Waals surface area (Å²) >= 11 is 0. The lowest BCUT2D eigenvalue weighted by Gasteiger charge is -2.06. The van der Waals surface area contributed by atoms with Crippen LogP contribution in [0.2, 0.25) is 0 Å². The first kappa shape index (κ1) is 17.1. The Balaban J connectivity index is 0. The molecule has 3 heteroatoms. The Morgan fingerprint density at radius 2 is 2.06 bits per heavy atom. The van der Waals surface area contributed by atoms with Gasteiger partial charge in [0.15, 0.2) is 0 Å². The van der Waals surface area contributed by atoms with Crippen LogP contribution >= 0.6 is 0 Å². The van der Waals surface area contributed by atoms with Crippen molar-refractivity contribution in [3.05, 3.63) is 30.5 Å². The molecule has 0 radical (unpaired) electrons. The molecule has 2 N–H and O–H groups in total. The molecule has 0 aromatic rings. The van der Waals surface area contributed by atoms with Crippen molar-refractivity contribution in [3.63, 3.8) is 0 Å². The quantitative estimate of drug-likeness (QED) is 0.541. The highest BCUT2D eigenvalue weighted by Gasteiger charge is 2.02. The summed E-state index contributed by atoms with van der Waals surface area (Å²) in [6, 6.07) is 0. The largest absolute Gasteiger partial charge is 0.481 e. The lowest BCUT2D eigenvalue weighted by Crippen LogP contribution is -2.02. The monoisotopic (exact) mass is 226 g/mol. The molecule has 92 valence electrons. The molecule has 0 amide bonds. The van der Waals surface area contributed by atoms with Crippen LogP contribution in [-0.2, 0) is 4.79 Å². The fraction of sp³-hybridized carbons (Fsp3) is 0.538. The van der Waals surface area contributed by atoms with E-state index in [9.17, 15) is 5.11 Å². The third kappa shape index (κ3) is 15.2. The standard InChI is InChI=1S/C11H18O.C2H4O2/c1-4-7-8-10(5-2)9-11(12)6-3;1-2(3)4/h6,11-12H,2-4,7-9H2,1H3;1H3,(H,3,4)/t11-;/m1./s1. The van der Waals surface area contributed by atoms with Gasteiger partial charge in [0.25, 0.3) is 5.97 Å². The van der Waals surface area contributed by atoms with Crippen molar-refractivity contribution in [2.75, 3.05) is 0 Å². The van der Waals surface area contributed by atoms with Gasteiger partial charge in [-0.2, -0.15) is 0 Å². The van der Waals surface area contributed by atoms with E-state index in [4.69, 9.17) is 9.90 Å². The van der Waals surface area contributed by atoms with Gasteiger partial charge in [0.05, 0.1) is 6.10 Å². The SMILES string of the molecule is C=C=C(CCCC)C[C@H](O)C=C.CC(=O)O. The molecular weight excluding hydrogens is 204 g/mol. The van der Waals surface area contributed by atoms with Crippen LogP contribution in [0.25, 0.3) is 0 Å². The summed E-state index contributed by atoms with van der Waals surface area (Å²) in [6.07, 6.45) is 5.03. The molecule has 0 saturated heterocycles. The fourth-order valence-electron chi connectivity index (χ4n) is 0.989. The summed E-state index contributed by atoms with van der Waals surface area (Å²) in [6.45, 7) is 10.3. The number of hydrogen-bond acceptors (Lipinski definition) is 2. The molecule has 0 heterocycles. The lowest BCUT2D eigenvalue weighted by atomic mass is 10.0. The van der Waals surface area contributed by atoms with Crippen LogP contribution in [0.4, 0.5) is 0 Å². The maximum atomic E-state index is 9.25.